The van der Waals surface area contributed by atoms with Crippen LogP contribution in [0, 0.1) is 5.92 Å². The van der Waals surface area contributed by atoms with Crippen molar-refractivity contribution in [1.29, 1.82) is 0 Å². The lowest BCUT2D eigenvalue weighted by Gasteiger charge is -2.22. The summed E-state index contributed by atoms with van der Waals surface area (Å²) in [5.74, 6) is 1.64. The van der Waals surface area contributed by atoms with Crippen molar-refractivity contribution in [3.8, 4) is 0 Å². The van der Waals surface area contributed by atoms with Gasteiger partial charge in [0.05, 0.1) is 12.9 Å². The molecule has 0 aromatic heterocycles. The molecule has 0 aliphatic heterocycles. The molecule has 3 nitrogen and oxygen atoms in total. The Kier molecular flexibility index (Phi) is 9.61. The van der Waals surface area contributed by atoms with E-state index >= 15 is 0 Å². The van der Waals surface area contributed by atoms with Gasteiger partial charge >= 0.3 is 0 Å². The first-order chi connectivity index (χ1) is 7.89. The number of hydrogen-bond acceptors (Lipinski definition) is 4. The molecule has 0 saturated heterocycles. The van der Waals surface area contributed by atoms with Crippen molar-refractivity contribution in [2.45, 2.75) is 47.1 Å². The minimum absolute atomic E-state index is 0.284. The summed E-state index contributed by atoms with van der Waals surface area (Å²) in [6, 6.07) is 0.284. The molecule has 0 heterocycles. The zero-order valence-corrected chi connectivity index (χ0v) is 14.0. The number of hydrogen-bond donors (Lipinski definition) is 1. The standard InChI is InChI=1S/C11H25N2OPS2/c1-6-7-14-15(16,17-8-10(2)3)13-9-12-11(4)5/h9-11H,6-8H2,1-5H3,(H,12,13,16). The van der Waals surface area contributed by atoms with E-state index < -0.39 is 5.62 Å². The summed E-state index contributed by atoms with van der Waals surface area (Å²) in [6.45, 7) is 11.3. The maximum Gasteiger partial charge on any atom is 0.211 e. The van der Waals surface area contributed by atoms with Gasteiger partial charge in [0.2, 0.25) is 5.62 Å². The third-order valence-corrected chi connectivity index (χ3v) is 7.42. The van der Waals surface area contributed by atoms with Gasteiger partial charge in [0.15, 0.2) is 0 Å². The molecule has 0 fully saturated rings. The highest BCUT2D eigenvalue weighted by atomic mass is 32.9. The molecule has 0 aliphatic rings. The first-order valence-electron chi connectivity index (χ1n) is 6.08. The first-order valence-corrected chi connectivity index (χ1v) is 10.4. The van der Waals surface area contributed by atoms with Gasteiger partial charge in [0.25, 0.3) is 0 Å². The second-order valence-electron chi connectivity index (χ2n) is 4.52. The fourth-order valence-electron chi connectivity index (χ4n) is 0.824. The lowest BCUT2D eigenvalue weighted by atomic mass is 10.3. The average Bonchev–Trinajstić information content (AvgIpc) is 2.23. The van der Waals surface area contributed by atoms with E-state index in [4.69, 9.17) is 16.3 Å². The molecule has 102 valence electrons. The Balaban J connectivity index is 4.33. The van der Waals surface area contributed by atoms with Gasteiger partial charge in [0, 0.05) is 11.8 Å². The summed E-state index contributed by atoms with van der Waals surface area (Å²) in [6.07, 6.45) is 2.71. The Hall–Kier alpha value is 0.430. The van der Waals surface area contributed by atoms with Gasteiger partial charge in [-0.2, -0.15) is 0 Å². The molecular weight excluding hydrogens is 271 g/mol. The SMILES string of the molecule is CCCOP(=S)(NC=NC(C)C)SCC(C)C. The zero-order chi connectivity index (χ0) is 13.3. The molecule has 0 aromatic rings. The van der Waals surface area contributed by atoms with Crippen molar-refractivity contribution in [3.63, 3.8) is 0 Å². The van der Waals surface area contributed by atoms with Gasteiger partial charge in [-0.15, -0.1) is 0 Å². The van der Waals surface area contributed by atoms with E-state index in [1.165, 1.54) is 0 Å². The van der Waals surface area contributed by atoms with Gasteiger partial charge in [-0.25, -0.2) is 0 Å². The van der Waals surface area contributed by atoms with Crippen LogP contribution < -0.4 is 5.09 Å². The topological polar surface area (TPSA) is 33.6 Å². The van der Waals surface area contributed by atoms with Crippen LogP contribution in [0.3, 0.4) is 0 Å². The van der Waals surface area contributed by atoms with E-state index in [0.29, 0.717) is 12.5 Å². The summed E-state index contributed by atoms with van der Waals surface area (Å²) >= 11 is 7.31. The molecular formula is C11H25N2OPS2. The Morgan fingerprint density at radius 3 is 2.53 bits per heavy atom. The highest BCUT2D eigenvalue weighted by Crippen LogP contribution is 2.56. The van der Waals surface area contributed by atoms with Crippen LogP contribution in [0.15, 0.2) is 4.99 Å². The predicted molar refractivity (Wildman–Crippen MR) is 84.6 cm³/mol. The lowest BCUT2D eigenvalue weighted by Crippen LogP contribution is -2.11. The van der Waals surface area contributed by atoms with Gasteiger partial charge < -0.3 is 9.61 Å². The fraction of sp³-hybridized carbons (Fsp3) is 0.909. The van der Waals surface area contributed by atoms with E-state index in [9.17, 15) is 0 Å². The fourth-order valence-corrected chi connectivity index (χ4v) is 5.38. The summed E-state index contributed by atoms with van der Waals surface area (Å²) in [5.41, 5.74) is -2.00. The third kappa shape index (κ3) is 10.1. The molecule has 0 radical (unpaired) electrons. The molecule has 0 aromatic carbocycles. The molecule has 0 aliphatic carbocycles. The molecule has 17 heavy (non-hydrogen) atoms. The summed E-state index contributed by atoms with van der Waals surface area (Å²) in [7, 11) is 0. The molecule has 0 spiro atoms. The van der Waals surface area contributed by atoms with E-state index in [1.54, 1.807) is 17.7 Å². The lowest BCUT2D eigenvalue weighted by molar-refractivity contribution is 0.356. The van der Waals surface area contributed by atoms with Gasteiger partial charge in [0.1, 0.15) is 0 Å². The van der Waals surface area contributed by atoms with Crippen molar-refractivity contribution >= 4 is 35.1 Å². The molecule has 1 unspecified atom stereocenters. The van der Waals surface area contributed by atoms with E-state index in [1.807, 2.05) is 13.8 Å². The average molecular weight is 296 g/mol. The Bertz CT molecular complexity index is 270. The van der Waals surface area contributed by atoms with Crippen LogP contribution >= 0.6 is 17.0 Å². The van der Waals surface area contributed by atoms with Gasteiger partial charge in [-0.3, -0.25) is 4.99 Å². The van der Waals surface area contributed by atoms with Crippen LogP contribution in [0.2, 0.25) is 0 Å². The molecule has 0 amide bonds. The number of rotatable bonds is 9. The smallest absolute Gasteiger partial charge is 0.211 e. The number of nitrogens with zero attached hydrogens (tertiary/aromatic N) is 1. The van der Waals surface area contributed by atoms with Crippen molar-refractivity contribution in [1.82, 2.24) is 5.09 Å². The predicted octanol–water partition coefficient (Wildman–Crippen LogP) is 4.05. The summed E-state index contributed by atoms with van der Waals surface area (Å²) in [4.78, 5) is 4.28. The number of nitrogens with one attached hydrogen (secondary N) is 1. The molecule has 0 bridgehead atoms. The molecule has 0 saturated carbocycles. The van der Waals surface area contributed by atoms with Crippen molar-refractivity contribution in [3.05, 3.63) is 0 Å². The highest BCUT2D eigenvalue weighted by molar-refractivity contribution is 8.68. The van der Waals surface area contributed by atoms with Crippen molar-refractivity contribution in [2.24, 2.45) is 10.9 Å². The van der Waals surface area contributed by atoms with Crippen LogP contribution in [0.5, 0.6) is 0 Å². The van der Waals surface area contributed by atoms with Crippen LogP contribution in [-0.2, 0) is 16.3 Å². The van der Waals surface area contributed by atoms with E-state index in [0.717, 1.165) is 12.2 Å². The van der Waals surface area contributed by atoms with Crippen LogP contribution in [0.1, 0.15) is 41.0 Å². The van der Waals surface area contributed by atoms with Crippen molar-refractivity contribution in [2.75, 3.05) is 12.4 Å². The molecule has 1 atom stereocenters. The minimum atomic E-state index is -2.00. The Labute approximate surface area is 115 Å². The largest absolute Gasteiger partial charge is 0.326 e. The van der Waals surface area contributed by atoms with Gasteiger partial charge in [-0.05, 0) is 38.0 Å². The van der Waals surface area contributed by atoms with E-state index in [2.05, 4.69) is 30.9 Å². The van der Waals surface area contributed by atoms with E-state index in [-0.39, 0.29) is 6.04 Å². The quantitative estimate of drug-likeness (QED) is 0.395. The summed E-state index contributed by atoms with van der Waals surface area (Å²) in [5, 5.41) is 3.19. The minimum Gasteiger partial charge on any atom is -0.326 e. The summed E-state index contributed by atoms with van der Waals surface area (Å²) < 4.78 is 5.80. The number of aliphatic imine (C=N–C) groups is 1. The second-order valence-corrected chi connectivity index (χ2v) is 11.2. The van der Waals surface area contributed by atoms with Crippen molar-refractivity contribution < 1.29 is 4.52 Å². The maximum atomic E-state index is 5.80. The molecule has 6 heteroatoms. The zero-order valence-electron chi connectivity index (χ0n) is 11.5. The molecule has 0 rings (SSSR count). The maximum absolute atomic E-state index is 5.80. The molecule has 1 N–H and O–H groups in total. The van der Waals surface area contributed by atoms with Gasteiger partial charge in [-0.1, -0.05) is 32.2 Å². The second kappa shape index (κ2) is 9.37. The highest BCUT2D eigenvalue weighted by Gasteiger charge is 2.17. The third-order valence-electron chi connectivity index (χ3n) is 1.63. The normalized spacial score (nSPS) is 15.7. The van der Waals surface area contributed by atoms with Crippen LogP contribution in [-0.4, -0.2) is 24.7 Å². The monoisotopic (exact) mass is 296 g/mol. The van der Waals surface area contributed by atoms with Crippen LogP contribution in [0.25, 0.3) is 0 Å². The van der Waals surface area contributed by atoms with Crippen LogP contribution in [0.4, 0.5) is 0 Å². The Morgan fingerprint density at radius 2 is 2.06 bits per heavy atom. The first kappa shape index (κ1) is 17.4. The Morgan fingerprint density at radius 1 is 1.41 bits per heavy atom.